The number of aromatic nitrogens is 2. The molecule has 186 valence electrons. The molecular weight excluding hydrogens is 448 g/mol. The summed E-state index contributed by atoms with van der Waals surface area (Å²) in [4.78, 5) is 25.2. The van der Waals surface area contributed by atoms with Gasteiger partial charge in [0.15, 0.2) is 0 Å². The van der Waals surface area contributed by atoms with Gasteiger partial charge in [-0.1, -0.05) is 38.0 Å². The number of hydrogen-bond acceptors (Lipinski definition) is 7. The van der Waals surface area contributed by atoms with Crippen LogP contribution in [0.2, 0.25) is 0 Å². The van der Waals surface area contributed by atoms with Crippen LogP contribution in [0.15, 0.2) is 59.4 Å². The summed E-state index contributed by atoms with van der Waals surface area (Å²) in [5.74, 6) is 0.784. The standard InChI is InChI=1S/C26H32N4O5/c1-3-28(19-20-10-6-7-11-25(20)35-2)16-8-4-5-9-17-29-26(32)15-13-23(27-29)22-18-21(30(33)34)12-14-24(22)31/h6-7,10-15,18,31H,3-5,8-9,16-17,19H2,1-2H3. The third-order valence-corrected chi connectivity index (χ3v) is 5.96. The van der Waals surface area contributed by atoms with Crippen LogP contribution in [0.4, 0.5) is 5.69 Å². The van der Waals surface area contributed by atoms with Crippen molar-refractivity contribution in [3.63, 3.8) is 0 Å². The second-order valence-corrected chi connectivity index (χ2v) is 8.33. The van der Waals surface area contributed by atoms with Crippen LogP contribution in [-0.2, 0) is 13.1 Å². The Morgan fingerprint density at radius 3 is 2.60 bits per heavy atom. The molecule has 1 N–H and O–H groups in total. The van der Waals surface area contributed by atoms with Gasteiger partial charge < -0.3 is 9.84 Å². The number of nitro benzene ring substituents is 1. The summed E-state index contributed by atoms with van der Waals surface area (Å²) in [7, 11) is 1.69. The number of aryl methyl sites for hydroxylation is 1. The number of non-ortho nitro benzene ring substituents is 1. The summed E-state index contributed by atoms with van der Waals surface area (Å²) in [6.07, 6.45) is 3.82. The minimum Gasteiger partial charge on any atom is -0.507 e. The van der Waals surface area contributed by atoms with Gasteiger partial charge in [0, 0.05) is 36.9 Å². The fourth-order valence-corrected chi connectivity index (χ4v) is 3.97. The minimum atomic E-state index is -0.533. The first kappa shape index (κ1) is 25.9. The van der Waals surface area contributed by atoms with E-state index in [1.165, 1.54) is 40.6 Å². The Hall–Kier alpha value is -3.72. The van der Waals surface area contributed by atoms with Gasteiger partial charge in [-0.05, 0) is 44.1 Å². The number of aromatic hydroxyl groups is 1. The summed E-state index contributed by atoms with van der Waals surface area (Å²) in [5.41, 5.74) is 1.33. The lowest BCUT2D eigenvalue weighted by atomic mass is 10.1. The fraction of sp³-hybridized carbons (Fsp3) is 0.385. The summed E-state index contributed by atoms with van der Waals surface area (Å²) < 4.78 is 6.81. The normalized spacial score (nSPS) is 11.1. The number of unbranched alkanes of at least 4 members (excludes halogenated alkanes) is 3. The Balaban J connectivity index is 1.51. The van der Waals surface area contributed by atoms with Crippen LogP contribution in [0.5, 0.6) is 11.5 Å². The van der Waals surface area contributed by atoms with Gasteiger partial charge in [0.2, 0.25) is 0 Å². The molecule has 35 heavy (non-hydrogen) atoms. The van der Waals surface area contributed by atoms with E-state index in [1.807, 2.05) is 18.2 Å². The topological polar surface area (TPSA) is 111 Å². The maximum Gasteiger partial charge on any atom is 0.270 e. The molecule has 0 spiro atoms. The number of para-hydroxylation sites is 1. The van der Waals surface area contributed by atoms with E-state index in [9.17, 15) is 20.0 Å². The molecule has 3 rings (SSSR count). The van der Waals surface area contributed by atoms with Gasteiger partial charge in [0.1, 0.15) is 11.5 Å². The van der Waals surface area contributed by atoms with Crippen molar-refractivity contribution in [2.75, 3.05) is 20.2 Å². The second kappa shape index (κ2) is 12.7. The summed E-state index contributed by atoms with van der Waals surface area (Å²) in [6, 6.07) is 14.7. The van der Waals surface area contributed by atoms with E-state index in [0.717, 1.165) is 51.1 Å². The molecule has 0 saturated carbocycles. The first-order valence-electron chi connectivity index (χ1n) is 11.8. The van der Waals surface area contributed by atoms with E-state index in [4.69, 9.17) is 4.74 Å². The molecule has 0 atom stereocenters. The van der Waals surface area contributed by atoms with Crippen molar-refractivity contribution >= 4 is 5.69 Å². The average molecular weight is 481 g/mol. The van der Waals surface area contributed by atoms with Gasteiger partial charge >= 0.3 is 0 Å². The molecule has 0 aliphatic rings. The number of nitrogens with zero attached hydrogens (tertiary/aromatic N) is 4. The van der Waals surface area contributed by atoms with Crippen molar-refractivity contribution < 1.29 is 14.8 Å². The highest BCUT2D eigenvalue weighted by Gasteiger charge is 2.14. The van der Waals surface area contributed by atoms with Crippen LogP contribution in [0.25, 0.3) is 11.3 Å². The van der Waals surface area contributed by atoms with Crippen molar-refractivity contribution in [2.45, 2.75) is 45.7 Å². The van der Waals surface area contributed by atoms with Crippen molar-refractivity contribution in [1.82, 2.24) is 14.7 Å². The quantitative estimate of drug-likeness (QED) is 0.216. The number of phenolic OH excluding ortho intramolecular Hbond substituents is 1. The van der Waals surface area contributed by atoms with E-state index < -0.39 is 4.92 Å². The Bertz CT molecular complexity index is 1190. The lowest BCUT2D eigenvalue weighted by molar-refractivity contribution is -0.384. The first-order valence-corrected chi connectivity index (χ1v) is 11.8. The van der Waals surface area contributed by atoms with E-state index in [2.05, 4.69) is 23.0 Å². The molecule has 2 aromatic carbocycles. The van der Waals surface area contributed by atoms with Crippen molar-refractivity contribution in [3.05, 3.63) is 80.6 Å². The predicted octanol–water partition coefficient (Wildman–Crippen LogP) is 4.62. The number of ether oxygens (including phenoxy) is 1. The van der Waals surface area contributed by atoms with Crippen LogP contribution in [0, 0.1) is 10.1 Å². The monoisotopic (exact) mass is 480 g/mol. The SMILES string of the molecule is CCN(CCCCCCn1nc(-c2cc([N+](=O)[O-])ccc2O)ccc1=O)Cc1ccccc1OC. The zero-order valence-electron chi connectivity index (χ0n) is 20.2. The summed E-state index contributed by atoms with van der Waals surface area (Å²) in [5, 5.41) is 25.5. The second-order valence-electron chi connectivity index (χ2n) is 8.33. The number of phenols is 1. The highest BCUT2D eigenvalue weighted by atomic mass is 16.6. The van der Waals surface area contributed by atoms with Crippen LogP contribution in [0.1, 0.15) is 38.2 Å². The Kier molecular flexibility index (Phi) is 9.37. The fourth-order valence-electron chi connectivity index (χ4n) is 3.97. The average Bonchev–Trinajstić information content (AvgIpc) is 2.86. The number of benzene rings is 2. The smallest absolute Gasteiger partial charge is 0.270 e. The van der Waals surface area contributed by atoms with Gasteiger partial charge in [-0.25, -0.2) is 4.68 Å². The van der Waals surface area contributed by atoms with E-state index in [0.29, 0.717) is 12.2 Å². The summed E-state index contributed by atoms with van der Waals surface area (Å²) >= 11 is 0. The Labute approximate surface area is 204 Å². The molecule has 0 unspecified atom stereocenters. The lowest BCUT2D eigenvalue weighted by Gasteiger charge is -2.21. The maximum absolute atomic E-state index is 12.2. The highest BCUT2D eigenvalue weighted by Crippen LogP contribution is 2.30. The van der Waals surface area contributed by atoms with E-state index in [-0.39, 0.29) is 22.6 Å². The summed E-state index contributed by atoms with van der Waals surface area (Å²) in [6.45, 7) is 5.38. The van der Waals surface area contributed by atoms with Crippen LogP contribution < -0.4 is 10.3 Å². The van der Waals surface area contributed by atoms with Crippen LogP contribution >= 0.6 is 0 Å². The number of hydrogen-bond donors (Lipinski definition) is 1. The molecule has 0 aliphatic carbocycles. The third kappa shape index (κ3) is 7.13. The molecule has 3 aromatic rings. The third-order valence-electron chi connectivity index (χ3n) is 5.96. The Morgan fingerprint density at radius 2 is 1.86 bits per heavy atom. The molecule has 0 saturated heterocycles. The molecule has 9 nitrogen and oxygen atoms in total. The minimum absolute atomic E-state index is 0.123. The molecule has 0 fully saturated rings. The van der Waals surface area contributed by atoms with Gasteiger partial charge in [0.25, 0.3) is 11.2 Å². The van der Waals surface area contributed by atoms with Gasteiger partial charge in [-0.3, -0.25) is 19.8 Å². The molecule has 1 heterocycles. The zero-order valence-corrected chi connectivity index (χ0v) is 20.2. The maximum atomic E-state index is 12.2. The predicted molar refractivity (Wildman–Crippen MR) is 135 cm³/mol. The molecule has 0 amide bonds. The van der Waals surface area contributed by atoms with E-state index >= 15 is 0 Å². The first-order chi connectivity index (χ1) is 16.9. The number of methoxy groups -OCH3 is 1. The largest absolute Gasteiger partial charge is 0.507 e. The number of nitro groups is 1. The van der Waals surface area contributed by atoms with E-state index in [1.54, 1.807) is 7.11 Å². The molecular formula is C26H32N4O5. The van der Waals surface area contributed by atoms with Gasteiger partial charge in [0.05, 0.1) is 23.3 Å². The lowest BCUT2D eigenvalue weighted by Crippen LogP contribution is -2.24. The molecule has 9 heteroatoms. The van der Waals surface area contributed by atoms with Gasteiger partial charge in [-0.2, -0.15) is 5.10 Å². The number of rotatable bonds is 13. The Morgan fingerprint density at radius 1 is 1.09 bits per heavy atom. The van der Waals surface area contributed by atoms with Crippen molar-refractivity contribution in [3.8, 4) is 22.8 Å². The van der Waals surface area contributed by atoms with Crippen LogP contribution in [0.3, 0.4) is 0 Å². The van der Waals surface area contributed by atoms with Crippen LogP contribution in [-0.4, -0.2) is 44.9 Å². The zero-order chi connectivity index (χ0) is 25.2. The molecule has 0 radical (unpaired) electrons. The molecule has 0 aliphatic heterocycles. The van der Waals surface area contributed by atoms with Gasteiger partial charge in [-0.15, -0.1) is 0 Å². The molecule has 0 bridgehead atoms. The highest BCUT2D eigenvalue weighted by molar-refractivity contribution is 5.69. The van der Waals surface area contributed by atoms with Crippen molar-refractivity contribution in [2.24, 2.45) is 0 Å². The molecule has 1 aromatic heterocycles. The van der Waals surface area contributed by atoms with Crippen molar-refractivity contribution in [1.29, 1.82) is 0 Å².